The van der Waals surface area contributed by atoms with Crippen molar-refractivity contribution in [3.63, 3.8) is 0 Å². The highest BCUT2D eigenvalue weighted by atomic mass is 19.3. The fraction of sp³-hybridized carbons (Fsp3) is 0.632. The summed E-state index contributed by atoms with van der Waals surface area (Å²) < 4.78 is 25.9. The minimum absolute atomic E-state index is 0.100. The van der Waals surface area contributed by atoms with E-state index in [0.717, 1.165) is 25.7 Å². The minimum atomic E-state index is -2.65. The summed E-state index contributed by atoms with van der Waals surface area (Å²) >= 11 is 0. The van der Waals surface area contributed by atoms with Gasteiger partial charge in [-0.1, -0.05) is 0 Å². The van der Waals surface area contributed by atoms with Gasteiger partial charge in [-0.05, 0) is 43.2 Å². The summed E-state index contributed by atoms with van der Waals surface area (Å²) in [5, 5.41) is 3.04. The second-order valence-corrected chi connectivity index (χ2v) is 8.11. The second kappa shape index (κ2) is 6.28. The van der Waals surface area contributed by atoms with E-state index in [4.69, 9.17) is 0 Å². The summed E-state index contributed by atoms with van der Waals surface area (Å²) in [4.78, 5) is 30.2. The first-order valence-electron chi connectivity index (χ1n) is 9.23. The first kappa shape index (κ1) is 17.4. The molecule has 1 aliphatic heterocycles. The molecule has 2 amide bonds. The molecule has 2 saturated carbocycles. The van der Waals surface area contributed by atoms with Gasteiger partial charge in [-0.15, -0.1) is 0 Å². The highest BCUT2D eigenvalue weighted by Crippen LogP contribution is 2.50. The topological polar surface area (TPSA) is 62.3 Å². The predicted molar refractivity (Wildman–Crippen MR) is 90.6 cm³/mol. The number of nitrogens with zero attached hydrogens (tertiary/aromatic N) is 2. The molecule has 0 bridgehead atoms. The Morgan fingerprint density at radius 3 is 2.42 bits per heavy atom. The van der Waals surface area contributed by atoms with Crippen molar-refractivity contribution < 1.29 is 18.4 Å². The van der Waals surface area contributed by atoms with Crippen LogP contribution in [0.2, 0.25) is 0 Å². The lowest BCUT2D eigenvalue weighted by molar-refractivity contribution is -0.162. The maximum absolute atomic E-state index is 13.0. The van der Waals surface area contributed by atoms with Crippen molar-refractivity contribution in [2.45, 2.75) is 50.5 Å². The molecule has 2 aliphatic carbocycles. The summed E-state index contributed by atoms with van der Waals surface area (Å²) in [5.74, 6) is -3.35. The number of hydrogen-bond donors (Lipinski definition) is 1. The Morgan fingerprint density at radius 1 is 1.15 bits per heavy atom. The largest absolute Gasteiger partial charge is 0.349 e. The van der Waals surface area contributed by atoms with Gasteiger partial charge in [-0.2, -0.15) is 0 Å². The molecule has 0 atom stereocenters. The number of aromatic nitrogens is 1. The van der Waals surface area contributed by atoms with E-state index < -0.39 is 11.8 Å². The van der Waals surface area contributed by atoms with Crippen molar-refractivity contribution in [3.05, 3.63) is 30.1 Å². The summed E-state index contributed by atoms with van der Waals surface area (Å²) in [5.41, 5.74) is 0.749. The van der Waals surface area contributed by atoms with E-state index in [1.165, 1.54) is 0 Å². The number of carbonyl (C=O) groups excluding carboxylic acids is 2. The van der Waals surface area contributed by atoms with Gasteiger partial charge in [0.1, 0.15) is 0 Å². The van der Waals surface area contributed by atoms with Crippen LogP contribution in [-0.2, 0) is 4.79 Å². The summed E-state index contributed by atoms with van der Waals surface area (Å²) in [7, 11) is 0. The molecule has 1 saturated heterocycles. The maximum atomic E-state index is 13.0. The third-order valence-electron chi connectivity index (χ3n) is 6.19. The number of pyridine rings is 1. The molecule has 0 aromatic carbocycles. The van der Waals surface area contributed by atoms with Crippen LogP contribution in [0.25, 0.3) is 0 Å². The Bertz CT molecular complexity index is 686. The van der Waals surface area contributed by atoms with Crippen LogP contribution in [0.3, 0.4) is 0 Å². The number of rotatable bonds is 3. The zero-order chi connectivity index (χ0) is 18.4. The molecule has 1 N–H and O–H groups in total. The number of amides is 2. The van der Waals surface area contributed by atoms with Crippen molar-refractivity contribution in [2.24, 2.45) is 11.3 Å². The van der Waals surface area contributed by atoms with Gasteiger partial charge in [0.15, 0.2) is 0 Å². The number of alkyl halides is 2. The molecule has 0 unspecified atom stereocenters. The van der Waals surface area contributed by atoms with Crippen molar-refractivity contribution in [1.29, 1.82) is 0 Å². The molecular weight excluding hydrogens is 340 g/mol. The SMILES string of the molecule is O=C(NC1CC2(CCN(C(=O)C3CC(F)(F)C3)CC2)C1)c1cccnc1. The lowest BCUT2D eigenvalue weighted by Crippen LogP contribution is -2.57. The van der Waals surface area contributed by atoms with E-state index in [2.05, 4.69) is 10.3 Å². The van der Waals surface area contributed by atoms with Crippen molar-refractivity contribution in [1.82, 2.24) is 15.2 Å². The van der Waals surface area contributed by atoms with E-state index in [9.17, 15) is 18.4 Å². The molecule has 3 aliphatic rings. The highest BCUT2D eigenvalue weighted by molar-refractivity contribution is 5.94. The molecular formula is C19H23F2N3O2. The van der Waals surface area contributed by atoms with E-state index in [-0.39, 0.29) is 36.1 Å². The number of likely N-dealkylation sites (tertiary alicyclic amines) is 1. The molecule has 0 radical (unpaired) electrons. The molecule has 1 aromatic heterocycles. The number of carbonyl (C=O) groups is 2. The average Bonchev–Trinajstić information content (AvgIpc) is 2.59. The molecule has 26 heavy (non-hydrogen) atoms. The van der Waals surface area contributed by atoms with E-state index in [1.807, 2.05) is 0 Å². The van der Waals surface area contributed by atoms with Crippen molar-refractivity contribution in [2.75, 3.05) is 13.1 Å². The predicted octanol–water partition coefficient (Wildman–Crippen LogP) is 2.63. The van der Waals surface area contributed by atoms with E-state index >= 15 is 0 Å². The normalized spacial score (nSPS) is 24.6. The molecule has 3 fully saturated rings. The van der Waals surface area contributed by atoms with Crippen molar-refractivity contribution >= 4 is 11.8 Å². The Kier molecular flexibility index (Phi) is 4.20. The van der Waals surface area contributed by atoms with Crippen molar-refractivity contribution in [3.8, 4) is 0 Å². The standard InChI is InChI=1S/C19H23F2N3O2/c20-19(21)8-14(9-19)17(26)24-6-3-18(4-7-24)10-15(11-18)23-16(25)13-2-1-5-22-12-13/h1-2,5,12,14-15H,3-4,6-11H2,(H,23,25). The number of nitrogens with one attached hydrogen (secondary N) is 1. The highest BCUT2D eigenvalue weighted by Gasteiger charge is 2.52. The van der Waals surface area contributed by atoms with E-state index in [0.29, 0.717) is 18.7 Å². The zero-order valence-corrected chi connectivity index (χ0v) is 14.6. The zero-order valence-electron chi connectivity index (χ0n) is 14.6. The first-order valence-corrected chi connectivity index (χ1v) is 9.23. The molecule has 1 aromatic rings. The maximum Gasteiger partial charge on any atom is 0.253 e. The first-order chi connectivity index (χ1) is 12.4. The average molecular weight is 363 g/mol. The summed E-state index contributed by atoms with van der Waals surface area (Å²) in [6, 6.07) is 3.64. The van der Waals surface area contributed by atoms with Crippen LogP contribution < -0.4 is 5.32 Å². The number of hydrogen-bond acceptors (Lipinski definition) is 3. The van der Waals surface area contributed by atoms with Crippen LogP contribution in [-0.4, -0.2) is 46.8 Å². The molecule has 7 heteroatoms. The fourth-order valence-electron chi connectivity index (χ4n) is 4.56. The van der Waals surface area contributed by atoms with Gasteiger partial charge < -0.3 is 10.2 Å². The van der Waals surface area contributed by atoms with Gasteiger partial charge in [-0.3, -0.25) is 14.6 Å². The Labute approximate surface area is 151 Å². The van der Waals surface area contributed by atoms with Gasteiger partial charge in [0.2, 0.25) is 11.8 Å². The smallest absolute Gasteiger partial charge is 0.253 e. The van der Waals surface area contributed by atoms with Crippen LogP contribution in [0.1, 0.15) is 48.9 Å². The molecule has 2 heterocycles. The van der Waals surface area contributed by atoms with Crippen LogP contribution in [0.4, 0.5) is 8.78 Å². The van der Waals surface area contributed by atoms with Gasteiger partial charge in [-0.25, -0.2) is 8.78 Å². The van der Waals surface area contributed by atoms with Gasteiger partial charge in [0.05, 0.1) is 5.56 Å². The Balaban J connectivity index is 1.22. The van der Waals surface area contributed by atoms with Crippen LogP contribution >= 0.6 is 0 Å². The molecule has 1 spiro atoms. The Hall–Kier alpha value is -2.05. The molecule has 4 rings (SSSR count). The van der Waals surface area contributed by atoms with Gasteiger partial charge in [0, 0.05) is 50.3 Å². The third kappa shape index (κ3) is 3.31. The lowest BCUT2D eigenvalue weighted by Gasteiger charge is -2.53. The number of halogens is 2. The Morgan fingerprint density at radius 2 is 1.85 bits per heavy atom. The monoisotopic (exact) mass is 363 g/mol. The number of piperidine rings is 1. The molecule has 140 valence electrons. The van der Waals surface area contributed by atoms with Crippen LogP contribution in [0.5, 0.6) is 0 Å². The minimum Gasteiger partial charge on any atom is -0.349 e. The van der Waals surface area contributed by atoms with Crippen LogP contribution in [0.15, 0.2) is 24.5 Å². The van der Waals surface area contributed by atoms with Crippen LogP contribution in [0, 0.1) is 11.3 Å². The van der Waals surface area contributed by atoms with Gasteiger partial charge >= 0.3 is 0 Å². The quantitative estimate of drug-likeness (QED) is 0.898. The lowest BCUT2D eigenvalue weighted by atomic mass is 9.60. The molecule has 5 nitrogen and oxygen atoms in total. The second-order valence-electron chi connectivity index (χ2n) is 8.11. The summed E-state index contributed by atoms with van der Waals surface area (Å²) in [6.07, 6.45) is 6.21. The summed E-state index contributed by atoms with van der Waals surface area (Å²) in [6.45, 7) is 1.29. The van der Waals surface area contributed by atoms with Gasteiger partial charge in [0.25, 0.3) is 5.91 Å². The van der Waals surface area contributed by atoms with E-state index in [1.54, 1.807) is 29.4 Å². The fourth-order valence-corrected chi connectivity index (χ4v) is 4.56. The third-order valence-corrected chi connectivity index (χ3v) is 6.19.